The Hall–Kier alpha value is -6.44. The van der Waals surface area contributed by atoms with E-state index in [2.05, 4.69) is 170 Å². The zero-order valence-corrected chi connectivity index (χ0v) is 26.7. The van der Waals surface area contributed by atoms with Gasteiger partial charge >= 0.3 is 0 Å². The molecule has 0 aliphatic heterocycles. The maximum Gasteiger partial charge on any atom is 0.135 e. The highest BCUT2D eigenvalue weighted by atomic mass is 16.3. The Balaban J connectivity index is 1.16. The molecule has 0 saturated heterocycles. The molecule has 1 aromatic heterocycles. The van der Waals surface area contributed by atoms with E-state index < -0.39 is 0 Å². The standard InChI is InChI=1S/C48H30O/c1-2-11-31(12-3-1)35-26-23-33-13-10-19-42(43(33)29-35)48-40-17-6-4-15-38(40)47(39-16-5-7-18-41(39)48)34-24-21-32(22-25-34)36-27-28-46-44(30-36)37-14-8-9-20-45(37)49-46/h1-30H. The lowest BCUT2D eigenvalue weighted by Crippen LogP contribution is -1.92. The SMILES string of the molecule is c1ccc(-c2ccc3cccc(-c4c5ccccc5c(-c5ccc(-c6ccc7oc8ccccc8c7c6)cc5)c5ccccc45)c3c2)cc1. The Kier molecular flexibility index (Phi) is 6.25. The fraction of sp³-hybridized carbons (Fsp3) is 0. The number of fused-ring (bicyclic) bond motifs is 6. The summed E-state index contributed by atoms with van der Waals surface area (Å²) in [6.45, 7) is 0. The number of hydrogen-bond donors (Lipinski definition) is 0. The highest BCUT2D eigenvalue weighted by molar-refractivity contribution is 6.23. The molecule has 9 aromatic carbocycles. The minimum atomic E-state index is 0.919. The van der Waals surface area contributed by atoms with E-state index in [0.29, 0.717) is 0 Å². The molecule has 1 heteroatoms. The van der Waals surface area contributed by atoms with Gasteiger partial charge in [-0.25, -0.2) is 0 Å². The molecule has 228 valence electrons. The second kappa shape index (κ2) is 11.1. The molecule has 0 fully saturated rings. The molecule has 0 bridgehead atoms. The van der Waals surface area contributed by atoms with Gasteiger partial charge in [0.05, 0.1) is 0 Å². The molecule has 1 heterocycles. The van der Waals surface area contributed by atoms with Crippen molar-refractivity contribution in [1.29, 1.82) is 0 Å². The molecule has 0 N–H and O–H groups in total. The summed E-state index contributed by atoms with van der Waals surface area (Å²) in [5, 5.41) is 9.83. The molecule has 0 radical (unpaired) electrons. The van der Waals surface area contributed by atoms with Gasteiger partial charge in [-0.2, -0.15) is 0 Å². The van der Waals surface area contributed by atoms with Gasteiger partial charge in [-0.3, -0.25) is 0 Å². The second-order valence-electron chi connectivity index (χ2n) is 12.8. The Morgan fingerprint density at radius 1 is 0.265 bits per heavy atom. The van der Waals surface area contributed by atoms with E-state index in [1.54, 1.807) is 0 Å². The van der Waals surface area contributed by atoms with E-state index in [9.17, 15) is 0 Å². The normalized spacial score (nSPS) is 11.7. The van der Waals surface area contributed by atoms with E-state index >= 15 is 0 Å². The fourth-order valence-electron chi connectivity index (χ4n) is 7.77. The summed E-state index contributed by atoms with van der Waals surface area (Å²) in [5.74, 6) is 0. The predicted molar refractivity (Wildman–Crippen MR) is 208 cm³/mol. The summed E-state index contributed by atoms with van der Waals surface area (Å²) < 4.78 is 6.09. The maximum atomic E-state index is 6.09. The number of hydrogen-bond acceptors (Lipinski definition) is 1. The Morgan fingerprint density at radius 2 is 0.776 bits per heavy atom. The largest absolute Gasteiger partial charge is 0.456 e. The molecular weight excluding hydrogens is 593 g/mol. The third-order valence-electron chi connectivity index (χ3n) is 10.1. The van der Waals surface area contributed by atoms with E-state index in [1.807, 2.05) is 12.1 Å². The Bertz CT molecular complexity index is 2800. The van der Waals surface area contributed by atoms with Crippen LogP contribution in [-0.2, 0) is 0 Å². The lowest BCUT2D eigenvalue weighted by molar-refractivity contribution is 0.669. The molecule has 1 nitrogen and oxygen atoms in total. The summed E-state index contributed by atoms with van der Waals surface area (Å²) in [5.41, 5.74) is 11.7. The molecular formula is C48H30O. The van der Waals surface area contributed by atoms with Crippen LogP contribution in [0, 0.1) is 0 Å². The van der Waals surface area contributed by atoms with Gasteiger partial charge in [0.2, 0.25) is 0 Å². The second-order valence-corrected chi connectivity index (χ2v) is 12.8. The van der Waals surface area contributed by atoms with Crippen molar-refractivity contribution in [2.45, 2.75) is 0 Å². The van der Waals surface area contributed by atoms with Crippen LogP contribution in [0.5, 0.6) is 0 Å². The molecule has 0 aliphatic carbocycles. The van der Waals surface area contributed by atoms with Crippen molar-refractivity contribution in [2.75, 3.05) is 0 Å². The minimum Gasteiger partial charge on any atom is -0.456 e. The van der Waals surface area contributed by atoms with E-state index in [1.165, 1.54) is 76.8 Å². The zero-order chi connectivity index (χ0) is 32.3. The third-order valence-corrected chi connectivity index (χ3v) is 10.1. The fourth-order valence-corrected chi connectivity index (χ4v) is 7.77. The topological polar surface area (TPSA) is 13.1 Å². The molecule has 10 rings (SSSR count). The van der Waals surface area contributed by atoms with Crippen LogP contribution in [0.15, 0.2) is 186 Å². The van der Waals surface area contributed by atoms with E-state index in [-0.39, 0.29) is 0 Å². The predicted octanol–water partition coefficient (Wildman–Crippen LogP) is 13.7. The van der Waals surface area contributed by atoms with Crippen LogP contribution in [0.4, 0.5) is 0 Å². The van der Waals surface area contributed by atoms with E-state index in [0.717, 1.165) is 21.9 Å². The van der Waals surface area contributed by atoms with Crippen molar-refractivity contribution >= 4 is 54.3 Å². The molecule has 0 aliphatic rings. The van der Waals surface area contributed by atoms with Gasteiger partial charge in [0.1, 0.15) is 11.2 Å². The average molecular weight is 623 g/mol. The summed E-state index contributed by atoms with van der Waals surface area (Å²) in [6, 6.07) is 65.9. The molecule has 49 heavy (non-hydrogen) atoms. The lowest BCUT2D eigenvalue weighted by atomic mass is 9.84. The highest BCUT2D eigenvalue weighted by Gasteiger charge is 2.18. The van der Waals surface area contributed by atoms with Crippen LogP contribution >= 0.6 is 0 Å². The number of rotatable bonds is 4. The van der Waals surface area contributed by atoms with Crippen molar-refractivity contribution in [3.63, 3.8) is 0 Å². The molecule has 10 aromatic rings. The van der Waals surface area contributed by atoms with Crippen LogP contribution in [0.3, 0.4) is 0 Å². The Labute approximate surface area is 284 Å². The van der Waals surface area contributed by atoms with Crippen molar-refractivity contribution < 1.29 is 4.42 Å². The first-order valence-electron chi connectivity index (χ1n) is 16.8. The molecule has 0 atom stereocenters. The van der Waals surface area contributed by atoms with Crippen LogP contribution in [-0.4, -0.2) is 0 Å². The molecule has 0 amide bonds. The first kappa shape index (κ1) is 27.7. The van der Waals surface area contributed by atoms with Gasteiger partial charge in [0.15, 0.2) is 0 Å². The monoisotopic (exact) mass is 622 g/mol. The van der Waals surface area contributed by atoms with Gasteiger partial charge in [-0.1, -0.05) is 158 Å². The van der Waals surface area contributed by atoms with E-state index in [4.69, 9.17) is 4.42 Å². The summed E-state index contributed by atoms with van der Waals surface area (Å²) in [7, 11) is 0. The maximum absolute atomic E-state index is 6.09. The smallest absolute Gasteiger partial charge is 0.135 e. The first-order chi connectivity index (χ1) is 24.3. The average Bonchev–Trinajstić information content (AvgIpc) is 3.55. The van der Waals surface area contributed by atoms with Gasteiger partial charge in [0.25, 0.3) is 0 Å². The minimum absolute atomic E-state index is 0.919. The number of para-hydroxylation sites is 1. The summed E-state index contributed by atoms with van der Waals surface area (Å²) in [4.78, 5) is 0. The van der Waals surface area contributed by atoms with Gasteiger partial charge in [-0.05, 0) is 101 Å². The number of furan rings is 1. The van der Waals surface area contributed by atoms with Gasteiger partial charge in [0, 0.05) is 10.8 Å². The van der Waals surface area contributed by atoms with Crippen molar-refractivity contribution in [1.82, 2.24) is 0 Å². The van der Waals surface area contributed by atoms with Crippen LogP contribution in [0.1, 0.15) is 0 Å². The van der Waals surface area contributed by atoms with Crippen molar-refractivity contribution in [2.24, 2.45) is 0 Å². The molecule has 0 spiro atoms. The summed E-state index contributed by atoms with van der Waals surface area (Å²) in [6.07, 6.45) is 0. The molecule has 0 saturated carbocycles. The summed E-state index contributed by atoms with van der Waals surface area (Å²) >= 11 is 0. The van der Waals surface area contributed by atoms with Crippen molar-refractivity contribution in [3.05, 3.63) is 182 Å². The highest BCUT2D eigenvalue weighted by Crippen LogP contribution is 2.46. The Morgan fingerprint density at radius 3 is 1.49 bits per heavy atom. The first-order valence-corrected chi connectivity index (χ1v) is 16.8. The molecule has 0 unspecified atom stereocenters. The lowest BCUT2D eigenvalue weighted by Gasteiger charge is -2.19. The van der Waals surface area contributed by atoms with Gasteiger partial charge in [-0.15, -0.1) is 0 Å². The quantitative estimate of drug-likeness (QED) is 0.178. The van der Waals surface area contributed by atoms with Gasteiger partial charge < -0.3 is 4.42 Å². The third kappa shape index (κ3) is 4.47. The zero-order valence-electron chi connectivity index (χ0n) is 26.7. The van der Waals surface area contributed by atoms with Crippen molar-refractivity contribution in [3.8, 4) is 44.5 Å². The van der Waals surface area contributed by atoms with Crippen LogP contribution in [0.25, 0.3) is 98.8 Å². The van der Waals surface area contributed by atoms with Crippen LogP contribution < -0.4 is 0 Å². The van der Waals surface area contributed by atoms with Crippen LogP contribution in [0.2, 0.25) is 0 Å². The number of benzene rings is 9.